The number of hydrogen-bond donors (Lipinski definition) is 2. The fourth-order valence-electron chi connectivity index (χ4n) is 8.85. The van der Waals surface area contributed by atoms with Crippen LogP contribution in [-0.4, -0.2) is 89.1 Å². The summed E-state index contributed by atoms with van der Waals surface area (Å²) in [6, 6.07) is 9.00. The summed E-state index contributed by atoms with van der Waals surface area (Å²) in [5.74, 6) is -3.30. The molecule has 1 aromatic carbocycles. The smallest absolute Gasteiger partial charge is 0.361 e. The molecule has 1 aromatic rings. The summed E-state index contributed by atoms with van der Waals surface area (Å²) in [7, 11) is 1.38. The molecule has 11 nitrogen and oxygen atoms in total. The summed E-state index contributed by atoms with van der Waals surface area (Å²) in [6.07, 6.45) is 9.77. The van der Waals surface area contributed by atoms with E-state index in [1.807, 2.05) is 44.2 Å². The Morgan fingerprint density at radius 1 is 1.09 bits per heavy atom. The van der Waals surface area contributed by atoms with Gasteiger partial charge < -0.3 is 38.7 Å². The second-order valence-corrected chi connectivity index (χ2v) is 15.6. The number of oxime groups is 1. The standard InChI is InChI=1S/C42H55NO10/c1-8-34-25(2)19-20-41(53-34)23-32-22-31(52-41)18-17-27(4)36(51-39(46)35(43-48-7)29-14-10-9-11-15-29)26(3)13-12-16-30-24-49-40(6)37(44)28(5)21-33(38(45)50-32)42(30,40)47/h9-17,21,25-26,31-34,36-37,44,47H,8,18-20,22-24H2,1-7H3/b13-12+,27-17+,30-16+,43-35-/t25-,26-,31+,32-,33-,34+,36+,37+,40+,41+,42+/m0/s1. The molecule has 3 fully saturated rings. The lowest BCUT2D eigenvalue weighted by Crippen LogP contribution is -2.65. The predicted octanol–water partition coefficient (Wildman–Crippen LogP) is 5.89. The molecule has 0 amide bonds. The lowest BCUT2D eigenvalue weighted by molar-refractivity contribution is -0.335. The van der Waals surface area contributed by atoms with Crippen molar-refractivity contribution in [2.75, 3.05) is 13.7 Å². The number of nitrogens with zero attached hydrogens (tertiary/aromatic N) is 1. The van der Waals surface area contributed by atoms with Gasteiger partial charge in [-0.1, -0.05) is 86.6 Å². The number of rotatable bonds is 5. The average Bonchev–Trinajstić information content (AvgIpc) is 3.41. The molecule has 11 atom stereocenters. The van der Waals surface area contributed by atoms with Gasteiger partial charge >= 0.3 is 11.9 Å². The monoisotopic (exact) mass is 733 g/mol. The molecular formula is C42H55NO10. The fraction of sp³-hybridized carbons (Fsp3) is 0.595. The number of allylic oxidation sites excluding steroid dienone is 2. The first-order valence-corrected chi connectivity index (χ1v) is 19.0. The van der Waals surface area contributed by atoms with E-state index in [2.05, 4.69) is 19.0 Å². The fourth-order valence-corrected chi connectivity index (χ4v) is 8.85. The first kappa shape index (κ1) is 39.1. The van der Waals surface area contributed by atoms with Gasteiger partial charge in [0.15, 0.2) is 11.5 Å². The van der Waals surface area contributed by atoms with Crippen molar-refractivity contribution >= 4 is 17.7 Å². The molecule has 4 aliphatic heterocycles. The van der Waals surface area contributed by atoms with Crippen LogP contribution in [0, 0.1) is 17.8 Å². The Hall–Kier alpha value is -3.61. The van der Waals surface area contributed by atoms with Crippen LogP contribution in [0.4, 0.5) is 0 Å². The van der Waals surface area contributed by atoms with Crippen LogP contribution in [0.3, 0.4) is 0 Å². The molecule has 3 saturated heterocycles. The summed E-state index contributed by atoms with van der Waals surface area (Å²) in [6.45, 7) is 11.5. The van der Waals surface area contributed by atoms with Crippen molar-refractivity contribution in [3.05, 3.63) is 83.0 Å². The van der Waals surface area contributed by atoms with Crippen LogP contribution in [0.1, 0.15) is 85.6 Å². The van der Waals surface area contributed by atoms with Gasteiger partial charge in [0.2, 0.25) is 0 Å². The first-order valence-electron chi connectivity index (χ1n) is 19.0. The molecule has 0 unspecified atom stereocenters. The third kappa shape index (κ3) is 7.43. The molecule has 5 aliphatic rings. The van der Waals surface area contributed by atoms with Crippen molar-refractivity contribution in [1.29, 1.82) is 0 Å². The third-order valence-electron chi connectivity index (χ3n) is 12.0. The molecule has 1 aliphatic carbocycles. The summed E-state index contributed by atoms with van der Waals surface area (Å²) < 4.78 is 32.2. The topological polar surface area (TPSA) is 142 Å². The van der Waals surface area contributed by atoms with E-state index in [1.54, 1.807) is 44.2 Å². The molecule has 2 bridgehead atoms. The Morgan fingerprint density at radius 2 is 1.85 bits per heavy atom. The van der Waals surface area contributed by atoms with Gasteiger partial charge in [-0.3, -0.25) is 4.79 Å². The minimum absolute atomic E-state index is 0.00633. The number of ether oxygens (including phenoxy) is 5. The highest BCUT2D eigenvalue weighted by molar-refractivity contribution is 6.43. The van der Waals surface area contributed by atoms with Crippen molar-refractivity contribution in [3.8, 4) is 0 Å². The second kappa shape index (κ2) is 15.6. The van der Waals surface area contributed by atoms with Crippen molar-refractivity contribution in [1.82, 2.24) is 0 Å². The highest BCUT2D eigenvalue weighted by Gasteiger charge is 2.67. The van der Waals surface area contributed by atoms with Crippen molar-refractivity contribution in [3.63, 3.8) is 0 Å². The van der Waals surface area contributed by atoms with E-state index in [9.17, 15) is 19.8 Å². The average molecular weight is 734 g/mol. The van der Waals surface area contributed by atoms with Crippen molar-refractivity contribution in [2.24, 2.45) is 22.9 Å². The highest BCUT2D eigenvalue weighted by Crippen LogP contribution is 2.52. The summed E-state index contributed by atoms with van der Waals surface area (Å²) >= 11 is 0. The normalized spacial score (nSPS) is 41.9. The SMILES string of the molecule is CC[C@H]1O[C@]2(CC[C@@H]1C)C[C@@H]1C[C@@H](C/C=C(\C)[C@H](OC(=O)/C(=N\OC)c3ccccc3)[C@@H](C)/C=C/C=C3\CO[C@]4(C)[C@H](O)C(C)=C[C@@H](C(=O)O1)[C@]34O)O2. The number of aliphatic hydroxyl groups is 2. The Morgan fingerprint density at radius 3 is 2.57 bits per heavy atom. The maximum atomic E-state index is 14.3. The third-order valence-corrected chi connectivity index (χ3v) is 12.0. The van der Waals surface area contributed by atoms with Crippen LogP contribution in [-0.2, 0) is 38.1 Å². The van der Waals surface area contributed by atoms with Gasteiger partial charge in [0, 0.05) is 30.7 Å². The zero-order chi connectivity index (χ0) is 38.1. The molecule has 0 radical (unpaired) electrons. The molecule has 0 saturated carbocycles. The van der Waals surface area contributed by atoms with Gasteiger partial charge in [0.1, 0.15) is 42.5 Å². The van der Waals surface area contributed by atoms with Crippen LogP contribution < -0.4 is 0 Å². The molecule has 0 aromatic heterocycles. The predicted molar refractivity (Wildman–Crippen MR) is 197 cm³/mol. The first-order chi connectivity index (χ1) is 25.2. The van der Waals surface area contributed by atoms with E-state index in [1.165, 1.54) is 7.11 Å². The summed E-state index contributed by atoms with van der Waals surface area (Å²) in [5, 5.41) is 27.9. The zero-order valence-corrected chi connectivity index (χ0v) is 31.9. The Kier molecular flexibility index (Phi) is 11.5. The number of carbonyl (C=O) groups is 2. The second-order valence-electron chi connectivity index (χ2n) is 15.6. The maximum absolute atomic E-state index is 14.3. The molecule has 2 N–H and O–H groups in total. The maximum Gasteiger partial charge on any atom is 0.361 e. The van der Waals surface area contributed by atoms with Gasteiger partial charge in [-0.05, 0) is 62.7 Å². The van der Waals surface area contributed by atoms with Gasteiger partial charge in [-0.2, -0.15) is 0 Å². The largest absolute Gasteiger partial charge is 0.462 e. The molecular weight excluding hydrogens is 678 g/mol. The number of aliphatic hydroxyl groups excluding tert-OH is 1. The van der Waals surface area contributed by atoms with Crippen LogP contribution in [0.25, 0.3) is 0 Å². The molecule has 4 heterocycles. The van der Waals surface area contributed by atoms with Crippen molar-refractivity contribution < 1.29 is 48.3 Å². The number of hydrogen-bond acceptors (Lipinski definition) is 11. The van der Waals surface area contributed by atoms with Gasteiger partial charge in [0.05, 0.1) is 18.8 Å². The van der Waals surface area contributed by atoms with E-state index in [0.717, 1.165) is 18.4 Å². The highest BCUT2D eigenvalue weighted by atomic mass is 16.7. The Bertz CT molecular complexity index is 1680. The zero-order valence-electron chi connectivity index (χ0n) is 31.9. The lowest BCUT2D eigenvalue weighted by Gasteiger charge is -2.50. The van der Waals surface area contributed by atoms with E-state index < -0.39 is 53.2 Å². The number of carbonyl (C=O) groups excluding carboxylic acids is 2. The number of benzene rings is 1. The Balaban J connectivity index is 1.41. The van der Waals surface area contributed by atoms with Crippen LogP contribution in [0.5, 0.6) is 0 Å². The van der Waals surface area contributed by atoms with Crippen LogP contribution >= 0.6 is 0 Å². The van der Waals surface area contributed by atoms with Gasteiger partial charge in [-0.25, -0.2) is 4.79 Å². The van der Waals surface area contributed by atoms with Gasteiger partial charge in [0.25, 0.3) is 0 Å². The van der Waals surface area contributed by atoms with E-state index in [4.69, 9.17) is 28.5 Å². The number of fused-ring (bicyclic) bond motifs is 2. The van der Waals surface area contributed by atoms with E-state index in [0.29, 0.717) is 48.3 Å². The van der Waals surface area contributed by atoms with E-state index in [-0.39, 0.29) is 30.4 Å². The van der Waals surface area contributed by atoms with Crippen LogP contribution in [0.15, 0.2) is 82.6 Å². The quantitative estimate of drug-likeness (QED) is 0.163. The molecule has 288 valence electrons. The molecule has 1 spiro atoms. The van der Waals surface area contributed by atoms with E-state index >= 15 is 0 Å². The molecule has 53 heavy (non-hydrogen) atoms. The van der Waals surface area contributed by atoms with Gasteiger partial charge in [-0.15, -0.1) is 0 Å². The minimum Gasteiger partial charge on any atom is -0.462 e. The van der Waals surface area contributed by atoms with Crippen molar-refractivity contribution in [2.45, 2.75) is 128 Å². The molecule has 6 rings (SSSR count). The minimum atomic E-state index is -1.90. The molecule has 11 heteroatoms. The van der Waals surface area contributed by atoms with Crippen LogP contribution in [0.2, 0.25) is 0 Å². The lowest BCUT2D eigenvalue weighted by atomic mass is 9.64. The number of esters is 2. The Labute approximate surface area is 312 Å². The summed E-state index contributed by atoms with van der Waals surface area (Å²) in [4.78, 5) is 33.1. The summed E-state index contributed by atoms with van der Waals surface area (Å²) in [5.41, 5.74) is -1.06.